The van der Waals surface area contributed by atoms with Gasteiger partial charge in [-0.05, 0) is 72.3 Å². The molecule has 148 valence electrons. The quantitative estimate of drug-likeness (QED) is 0.369. The van der Waals surface area contributed by atoms with Crippen molar-refractivity contribution in [1.82, 2.24) is 0 Å². The topological polar surface area (TPSA) is 0 Å². The summed E-state index contributed by atoms with van der Waals surface area (Å²) in [5.74, 6) is 1.80. The predicted molar refractivity (Wildman–Crippen MR) is 121 cm³/mol. The van der Waals surface area contributed by atoms with E-state index in [1.165, 1.54) is 99.8 Å². The molecule has 27 heavy (non-hydrogen) atoms. The molecule has 0 nitrogen and oxygen atoms in total. The SMILES string of the molecule is CCCCCCC[C@H]1CC[C@H](c2ccc3cc(CCCC)ccc3c2)CC1. The van der Waals surface area contributed by atoms with Crippen molar-refractivity contribution in [2.24, 2.45) is 5.92 Å². The van der Waals surface area contributed by atoms with Gasteiger partial charge in [0.05, 0.1) is 0 Å². The fraction of sp³-hybridized carbons (Fsp3) is 0.630. The average molecular weight is 365 g/mol. The molecule has 1 fully saturated rings. The highest BCUT2D eigenvalue weighted by atomic mass is 14.3. The van der Waals surface area contributed by atoms with E-state index in [-0.39, 0.29) is 0 Å². The number of aryl methyl sites for hydroxylation is 1. The summed E-state index contributed by atoms with van der Waals surface area (Å²) in [5, 5.41) is 2.86. The monoisotopic (exact) mass is 364 g/mol. The van der Waals surface area contributed by atoms with Gasteiger partial charge in [0.15, 0.2) is 0 Å². The molecule has 0 aromatic heterocycles. The fourth-order valence-corrected chi connectivity index (χ4v) is 4.93. The van der Waals surface area contributed by atoms with Gasteiger partial charge < -0.3 is 0 Å². The maximum atomic E-state index is 2.48. The Morgan fingerprint density at radius 3 is 2.19 bits per heavy atom. The molecule has 0 heteroatoms. The maximum absolute atomic E-state index is 2.48. The Bertz CT molecular complexity index is 675. The van der Waals surface area contributed by atoms with Gasteiger partial charge in [0.2, 0.25) is 0 Å². The number of benzene rings is 2. The molecule has 2 aromatic carbocycles. The van der Waals surface area contributed by atoms with Crippen molar-refractivity contribution >= 4 is 10.8 Å². The van der Waals surface area contributed by atoms with Crippen LogP contribution in [0, 0.1) is 5.92 Å². The summed E-state index contributed by atoms with van der Waals surface area (Å²) in [4.78, 5) is 0. The van der Waals surface area contributed by atoms with Gasteiger partial charge in [0, 0.05) is 0 Å². The van der Waals surface area contributed by atoms with Crippen molar-refractivity contribution in [3.05, 3.63) is 47.5 Å². The first-order valence-corrected chi connectivity index (χ1v) is 11.8. The van der Waals surface area contributed by atoms with Crippen molar-refractivity contribution in [2.45, 2.75) is 103 Å². The summed E-state index contributed by atoms with van der Waals surface area (Å²) in [6, 6.07) is 14.4. The van der Waals surface area contributed by atoms with Crippen LogP contribution in [0.3, 0.4) is 0 Å². The molecule has 1 saturated carbocycles. The van der Waals surface area contributed by atoms with Gasteiger partial charge in [-0.3, -0.25) is 0 Å². The van der Waals surface area contributed by atoms with E-state index in [1.54, 1.807) is 5.56 Å². The lowest BCUT2D eigenvalue weighted by atomic mass is 9.76. The zero-order valence-electron chi connectivity index (χ0n) is 17.8. The van der Waals surface area contributed by atoms with Gasteiger partial charge in [-0.15, -0.1) is 0 Å². The normalized spacial score (nSPS) is 20.2. The van der Waals surface area contributed by atoms with Crippen LogP contribution in [0.1, 0.15) is 108 Å². The molecule has 0 N–H and O–H groups in total. The zero-order valence-corrected chi connectivity index (χ0v) is 17.8. The molecule has 0 atom stereocenters. The number of rotatable bonds is 10. The molecule has 2 aromatic rings. The van der Waals surface area contributed by atoms with Crippen molar-refractivity contribution in [3.63, 3.8) is 0 Å². The molecule has 0 aliphatic heterocycles. The Hall–Kier alpha value is -1.30. The molecule has 0 amide bonds. The first-order valence-electron chi connectivity index (χ1n) is 11.8. The summed E-state index contributed by atoms with van der Waals surface area (Å²) < 4.78 is 0. The van der Waals surface area contributed by atoms with Crippen molar-refractivity contribution in [3.8, 4) is 0 Å². The van der Waals surface area contributed by atoms with Crippen molar-refractivity contribution in [2.75, 3.05) is 0 Å². The van der Waals surface area contributed by atoms with E-state index in [0.29, 0.717) is 0 Å². The highest BCUT2D eigenvalue weighted by Crippen LogP contribution is 2.38. The minimum Gasteiger partial charge on any atom is -0.0654 e. The van der Waals surface area contributed by atoms with E-state index >= 15 is 0 Å². The van der Waals surface area contributed by atoms with E-state index in [0.717, 1.165) is 11.8 Å². The summed E-state index contributed by atoms with van der Waals surface area (Å²) in [7, 11) is 0. The molecule has 1 aliphatic rings. The third-order valence-electron chi connectivity index (χ3n) is 6.78. The lowest BCUT2D eigenvalue weighted by Crippen LogP contribution is -2.13. The second-order valence-corrected chi connectivity index (χ2v) is 8.97. The van der Waals surface area contributed by atoms with Crippen LogP contribution in [0.25, 0.3) is 10.8 Å². The van der Waals surface area contributed by atoms with E-state index < -0.39 is 0 Å². The summed E-state index contributed by atoms with van der Waals surface area (Å²) in [5.41, 5.74) is 3.08. The lowest BCUT2D eigenvalue weighted by Gasteiger charge is -2.29. The van der Waals surface area contributed by atoms with Crippen LogP contribution >= 0.6 is 0 Å². The number of hydrogen-bond donors (Lipinski definition) is 0. The predicted octanol–water partition coefficient (Wildman–Crippen LogP) is 8.82. The smallest absolute Gasteiger partial charge is 0.0162 e. The average Bonchev–Trinajstić information content (AvgIpc) is 2.72. The van der Waals surface area contributed by atoms with Crippen LogP contribution in [0.4, 0.5) is 0 Å². The molecule has 0 spiro atoms. The number of hydrogen-bond acceptors (Lipinski definition) is 0. The van der Waals surface area contributed by atoms with Gasteiger partial charge in [-0.25, -0.2) is 0 Å². The maximum Gasteiger partial charge on any atom is -0.0162 e. The lowest BCUT2D eigenvalue weighted by molar-refractivity contribution is 0.302. The molecular formula is C27H40. The van der Waals surface area contributed by atoms with E-state index in [2.05, 4.69) is 50.2 Å². The number of unbranched alkanes of at least 4 members (excludes halogenated alkanes) is 5. The van der Waals surface area contributed by atoms with Gasteiger partial charge >= 0.3 is 0 Å². The van der Waals surface area contributed by atoms with Crippen molar-refractivity contribution in [1.29, 1.82) is 0 Å². The van der Waals surface area contributed by atoms with Gasteiger partial charge in [0.1, 0.15) is 0 Å². The fourth-order valence-electron chi connectivity index (χ4n) is 4.93. The van der Waals surface area contributed by atoms with Gasteiger partial charge in [-0.2, -0.15) is 0 Å². The molecule has 0 unspecified atom stereocenters. The minimum atomic E-state index is 0.797. The largest absolute Gasteiger partial charge is 0.0654 e. The molecule has 0 heterocycles. The number of fused-ring (bicyclic) bond motifs is 1. The highest BCUT2D eigenvalue weighted by Gasteiger charge is 2.22. The standard InChI is InChI=1S/C27H40/c1-3-5-7-8-9-11-22-12-15-24(16-13-22)26-19-18-25-20-23(10-6-4-2)14-17-27(25)21-26/h14,17-22,24H,3-13,15-16H2,1-2H3/t22-,24-. The van der Waals surface area contributed by atoms with Crippen LogP contribution in [0.2, 0.25) is 0 Å². The van der Waals surface area contributed by atoms with Crippen molar-refractivity contribution < 1.29 is 0 Å². The Kier molecular flexibility index (Phi) is 8.24. The summed E-state index contributed by atoms with van der Waals surface area (Å²) in [6.45, 7) is 4.58. The van der Waals surface area contributed by atoms with E-state index in [9.17, 15) is 0 Å². The third kappa shape index (κ3) is 6.09. The van der Waals surface area contributed by atoms with Gasteiger partial charge in [-0.1, -0.05) is 95.2 Å². The summed E-state index contributed by atoms with van der Waals surface area (Å²) >= 11 is 0. The third-order valence-corrected chi connectivity index (χ3v) is 6.78. The Morgan fingerprint density at radius 2 is 1.41 bits per heavy atom. The van der Waals surface area contributed by atoms with Crippen LogP contribution in [-0.4, -0.2) is 0 Å². The van der Waals surface area contributed by atoms with E-state index in [1.807, 2.05) is 0 Å². The molecule has 0 saturated heterocycles. The minimum absolute atomic E-state index is 0.797. The summed E-state index contributed by atoms with van der Waals surface area (Å²) in [6.07, 6.45) is 18.1. The van der Waals surface area contributed by atoms with Crippen LogP contribution in [-0.2, 0) is 6.42 Å². The van der Waals surface area contributed by atoms with Crippen LogP contribution in [0.15, 0.2) is 36.4 Å². The molecule has 1 aliphatic carbocycles. The zero-order chi connectivity index (χ0) is 18.9. The Morgan fingerprint density at radius 1 is 0.704 bits per heavy atom. The van der Waals surface area contributed by atoms with Gasteiger partial charge in [0.25, 0.3) is 0 Å². The first-order chi connectivity index (χ1) is 13.3. The second kappa shape index (κ2) is 10.9. The van der Waals surface area contributed by atoms with Crippen LogP contribution < -0.4 is 0 Å². The molecule has 0 bridgehead atoms. The first kappa shape index (κ1) is 20.4. The second-order valence-electron chi connectivity index (χ2n) is 8.97. The highest BCUT2D eigenvalue weighted by molar-refractivity contribution is 5.84. The Balaban J connectivity index is 1.51. The molecule has 0 radical (unpaired) electrons. The molecular weight excluding hydrogens is 324 g/mol. The van der Waals surface area contributed by atoms with E-state index in [4.69, 9.17) is 0 Å². The Labute approximate surface area is 167 Å². The molecule has 3 rings (SSSR count). The van der Waals surface area contributed by atoms with Crippen LogP contribution in [0.5, 0.6) is 0 Å².